The number of nitrogens with two attached hydrogens (primary N) is 1. The molecule has 1 fully saturated rings. The fourth-order valence-corrected chi connectivity index (χ4v) is 5.73. The maximum atomic E-state index is 12.4. The summed E-state index contributed by atoms with van der Waals surface area (Å²) in [5.41, 5.74) is 9.49. The number of nitrogen functional groups attached to an aromatic ring is 1. The van der Waals surface area contributed by atoms with Gasteiger partial charge in [0.1, 0.15) is 0 Å². The van der Waals surface area contributed by atoms with E-state index in [4.69, 9.17) is 33.7 Å². The van der Waals surface area contributed by atoms with Gasteiger partial charge in [-0.15, -0.1) is 11.3 Å². The molecule has 2 N–H and O–H groups in total. The van der Waals surface area contributed by atoms with Crippen LogP contribution in [0.2, 0.25) is 10.0 Å². The van der Waals surface area contributed by atoms with Gasteiger partial charge in [-0.25, -0.2) is 4.98 Å². The van der Waals surface area contributed by atoms with E-state index in [2.05, 4.69) is 9.88 Å². The van der Waals surface area contributed by atoms with Crippen LogP contribution >= 0.6 is 46.5 Å². The molecular formula is C23H24Cl2N4O2S2. The SMILES string of the molecule is CC(=O)N(C[C@@H]1CN(Cc2ccc(Cl)c(Cl)c2)CCO1)Sc1nc(-c2cccc(N)c2)cs1. The summed E-state index contributed by atoms with van der Waals surface area (Å²) in [7, 11) is 0. The standard InChI is InChI=1S/C23H24Cl2N4O2S2/c1-15(30)29(33-23-27-22(14-32-23)17-3-2-4-18(26)10-17)13-19-12-28(7-8-31-19)11-16-5-6-20(24)21(25)9-16/h2-6,9-10,14,19H,7-8,11-13,26H2,1H3/t19-/m0/s1. The number of halogens is 2. The van der Waals surface area contributed by atoms with Crippen LogP contribution in [0.1, 0.15) is 12.5 Å². The molecule has 6 nitrogen and oxygen atoms in total. The first-order chi connectivity index (χ1) is 15.9. The Morgan fingerprint density at radius 1 is 1.30 bits per heavy atom. The number of hydrogen-bond acceptors (Lipinski definition) is 7. The average molecular weight is 524 g/mol. The van der Waals surface area contributed by atoms with Gasteiger partial charge in [0.25, 0.3) is 0 Å². The van der Waals surface area contributed by atoms with E-state index in [9.17, 15) is 4.79 Å². The van der Waals surface area contributed by atoms with Gasteiger partial charge in [0.05, 0.1) is 35.0 Å². The largest absolute Gasteiger partial charge is 0.399 e. The summed E-state index contributed by atoms with van der Waals surface area (Å²) in [6.45, 7) is 4.94. The Morgan fingerprint density at radius 3 is 2.91 bits per heavy atom. The summed E-state index contributed by atoms with van der Waals surface area (Å²) in [5, 5.41) is 3.08. The van der Waals surface area contributed by atoms with E-state index in [-0.39, 0.29) is 12.0 Å². The number of hydrogen-bond donors (Lipinski definition) is 1. The number of morpholine rings is 1. The van der Waals surface area contributed by atoms with E-state index in [0.717, 1.165) is 40.8 Å². The number of carbonyl (C=O) groups excluding carboxylic acids is 1. The van der Waals surface area contributed by atoms with Gasteiger partial charge in [-0.2, -0.15) is 0 Å². The van der Waals surface area contributed by atoms with Crippen LogP contribution in [0.3, 0.4) is 0 Å². The van der Waals surface area contributed by atoms with Gasteiger partial charge in [0.15, 0.2) is 4.34 Å². The highest BCUT2D eigenvalue weighted by atomic mass is 35.5. The zero-order chi connectivity index (χ0) is 23.4. The Bertz CT molecular complexity index is 1130. The zero-order valence-corrected chi connectivity index (χ0v) is 21.2. The molecule has 0 saturated carbocycles. The summed E-state index contributed by atoms with van der Waals surface area (Å²) in [4.78, 5) is 19.3. The first kappa shape index (κ1) is 24.3. The second-order valence-corrected chi connectivity index (χ2v) is 10.7. The number of carbonyl (C=O) groups is 1. The summed E-state index contributed by atoms with van der Waals surface area (Å²) in [5.74, 6) is -0.0362. The summed E-state index contributed by atoms with van der Waals surface area (Å²) >= 11 is 15.0. The molecule has 0 aliphatic carbocycles. The first-order valence-corrected chi connectivity index (χ1v) is 12.8. The predicted molar refractivity (Wildman–Crippen MR) is 137 cm³/mol. The zero-order valence-electron chi connectivity index (χ0n) is 18.0. The molecule has 1 aromatic heterocycles. The van der Waals surface area contributed by atoms with E-state index in [1.807, 2.05) is 47.8 Å². The number of thiazole rings is 1. The number of aromatic nitrogens is 1. The van der Waals surface area contributed by atoms with Gasteiger partial charge in [-0.1, -0.05) is 41.4 Å². The van der Waals surface area contributed by atoms with Gasteiger partial charge in [-0.3, -0.25) is 14.0 Å². The maximum absolute atomic E-state index is 12.4. The van der Waals surface area contributed by atoms with Crippen LogP contribution in [0.15, 0.2) is 52.2 Å². The van der Waals surface area contributed by atoms with Gasteiger partial charge >= 0.3 is 0 Å². The maximum Gasteiger partial charge on any atom is 0.229 e. The van der Waals surface area contributed by atoms with Crippen molar-refractivity contribution in [2.75, 3.05) is 32.0 Å². The van der Waals surface area contributed by atoms with Crippen LogP contribution < -0.4 is 5.73 Å². The van der Waals surface area contributed by atoms with Gasteiger partial charge in [-0.05, 0) is 29.8 Å². The second kappa shape index (κ2) is 11.1. The van der Waals surface area contributed by atoms with Crippen molar-refractivity contribution in [3.8, 4) is 11.3 Å². The van der Waals surface area contributed by atoms with Crippen molar-refractivity contribution in [2.24, 2.45) is 0 Å². The molecule has 1 amide bonds. The van der Waals surface area contributed by atoms with Crippen molar-refractivity contribution in [3.63, 3.8) is 0 Å². The number of ether oxygens (including phenoxy) is 1. The van der Waals surface area contributed by atoms with E-state index >= 15 is 0 Å². The van der Waals surface area contributed by atoms with E-state index < -0.39 is 0 Å². The Morgan fingerprint density at radius 2 is 2.15 bits per heavy atom. The normalized spacial score (nSPS) is 16.6. The highest BCUT2D eigenvalue weighted by Gasteiger charge is 2.25. The van der Waals surface area contributed by atoms with E-state index in [0.29, 0.717) is 28.9 Å². The minimum Gasteiger partial charge on any atom is -0.399 e. The Labute approximate surface area is 211 Å². The fraction of sp³-hybridized carbons (Fsp3) is 0.304. The lowest BCUT2D eigenvalue weighted by Crippen LogP contribution is -2.46. The lowest BCUT2D eigenvalue weighted by atomic mass is 10.1. The van der Waals surface area contributed by atoms with E-state index in [1.54, 1.807) is 11.2 Å². The molecule has 2 aromatic carbocycles. The van der Waals surface area contributed by atoms with Gasteiger partial charge in [0.2, 0.25) is 5.91 Å². The Hall–Kier alpha value is -1.81. The minimum absolute atomic E-state index is 0.0362. The average Bonchev–Trinajstić information content (AvgIpc) is 3.25. The monoisotopic (exact) mass is 522 g/mol. The topological polar surface area (TPSA) is 71.7 Å². The lowest BCUT2D eigenvalue weighted by Gasteiger charge is -2.35. The van der Waals surface area contributed by atoms with Gasteiger partial charge < -0.3 is 10.5 Å². The lowest BCUT2D eigenvalue weighted by molar-refractivity contribution is -0.126. The van der Waals surface area contributed by atoms with Crippen LogP contribution in [0.25, 0.3) is 11.3 Å². The molecule has 0 spiro atoms. The minimum atomic E-state index is -0.0914. The smallest absolute Gasteiger partial charge is 0.229 e. The number of rotatable bonds is 7. The highest BCUT2D eigenvalue weighted by molar-refractivity contribution is 7.99. The molecule has 33 heavy (non-hydrogen) atoms. The van der Waals surface area contributed by atoms with Crippen molar-refractivity contribution in [1.29, 1.82) is 0 Å². The van der Waals surface area contributed by atoms with Crippen molar-refractivity contribution in [3.05, 3.63) is 63.5 Å². The number of amides is 1. The molecule has 0 bridgehead atoms. The third-order valence-corrected chi connectivity index (χ3v) is 7.95. The van der Waals surface area contributed by atoms with Crippen LogP contribution in [0.5, 0.6) is 0 Å². The van der Waals surface area contributed by atoms with Gasteiger partial charge in [0, 0.05) is 55.1 Å². The number of benzene rings is 2. The van der Waals surface area contributed by atoms with Crippen LogP contribution in [-0.4, -0.2) is 52.4 Å². The molecule has 10 heteroatoms. The molecule has 0 radical (unpaired) electrons. The van der Waals surface area contributed by atoms with Crippen LogP contribution in [-0.2, 0) is 16.1 Å². The molecule has 2 heterocycles. The summed E-state index contributed by atoms with van der Waals surface area (Å²) < 4.78 is 8.48. The van der Waals surface area contributed by atoms with Crippen molar-refractivity contribution < 1.29 is 9.53 Å². The predicted octanol–water partition coefficient (Wildman–Crippen LogP) is 5.46. The molecule has 174 valence electrons. The second-order valence-electron chi connectivity index (χ2n) is 7.77. The van der Waals surface area contributed by atoms with Crippen LogP contribution in [0.4, 0.5) is 5.69 Å². The van der Waals surface area contributed by atoms with Crippen LogP contribution in [0, 0.1) is 0 Å². The summed E-state index contributed by atoms with van der Waals surface area (Å²) in [6, 6.07) is 13.3. The summed E-state index contributed by atoms with van der Waals surface area (Å²) in [6.07, 6.45) is -0.0914. The molecule has 1 saturated heterocycles. The van der Waals surface area contributed by atoms with E-state index in [1.165, 1.54) is 23.3 Å². The first-order valence-electron chi connectivity index (χ1n) is 10.4. The number of nitrogens with zero attached hydrogens (tertiary/aromatic N) is 3. The quantitative estimate of drug-likeness (QED) is 0.328. The molecule has 0 unspecified atom stereocenters. The molecule has 1 aliphatic rings. The third-order valence-electron chi connectivity index (χ3n) is 5.19. The van der Waals surface area contributed by atoms with Crippen molar-refractivity contribution in [2.45, 2.75) is 23.9 Å². The molecular weight excluding hydrogens is 499 g/mol. The van der Waals surface area contributed by atoms with Crippen molar-refractivity contribution in [1.82, 2.24) is 14.2 Å². The molecule has 3 aromatic rings. The molecule has 1 atom stereocenters. The fourth-order valence-electron chi connectivity index (χ4n) is 3.57. The Kier molecular flexibility index (Phi) is 8.16. The molecule has 4 rings (SSSR count). The Balaban J connectivity index is 1.37. The molecule has 1 aliphatic heterocycles. The highest BCUT2D eigenvalue weighted by Crippen LogP contribution is 2.31. The van der Waals surface area contributed by atoms with Crippen molar-refractivity contribution >= 4 is 58.1 Å². The number of anilines is 1. The third kappa shape index (κ3) is 6.62.